The fraction of sp³-hybridized carbons (Fsp3) is 0.263. The van der Waals surface area contributed by atoms with Crippen LogP contribution in [0.3, 0.4) is 0 Å². The molecule has 6 nitrogen and oxygen atoms in total. The molecule has 0 aliphatic rings. The highest BCUT2D eigenvalue weighted by Gasteiger charge is 2.16. The predicted octanol–water partition coefficient (Wildman–Crippen LogP) is 3.09. The largest absolute Gasteiger partial charge is 0.497 e. The fourth-order valence-electron chi connectivity index (χ4n) is 2.26. The third-order valence-corrected chi connectivity index (χ3v) is 3.45. The van der Waals surface area contributed by atoms with E-state index < -0.39 is 0 Å². The van der Waals surface area contributed by atoms with E-state index in [9.17, 15) is 9.59 Å². The fourth-order valence-corrected chi connectivity index (χ4v) is 2.26. The van der Waals surface area contributed by atoms with Crippen LogP contribution in [0.4, 0.5) is 5.69 Å². The number of para-hydroxylation sites is 1. The number of amides is 2. The number of hydrogen-bond donors (Lipinski definition) is 2. The molecule has 2 N–H and O–H groups in total. The minimum atomic E-state index is -0.359. The smallest absolute Gasteiger partial charge is 0.255 e. The van der Waals surface area contributed by atoms with Crippen molar-refractivity contribution in [1.82, 2.24) is 5.32 Å². The van der Waals surface area contributed by atoms with E-state index in [1.54, 1.807) is 42.5 Å². The Morgan fingerprint density at radius 1 is 0.920 bits per heavy atom. The minimum Gasteiger partial charge on any atom is -0.497 e. The Bertz CT molecular complexity index is 750. The van der Waals surface area contributed by atoms with Crippen molar-refractivity contribution in [3.8, 4) is 11.5 Å². The highest BCUT2D eigenvalue weighted by Crippen LogP contribution is 2.24. The Morgan fingerprint density at radius 2 is 1.52 bits per heavy atom. The number of carbonyl (C=O) groups is 2. The molecule has 25 heavy (non-hydrogen) atoms. The van der Waals surface area contributed by atoms with E-state index in [1.807, 2.05) is 13.8 Å². The Balaban J connectivity index is 2.28. The number of rotatable bonds is 6. The van der Waals surface area contributed by atoms with Gasteiger partial charge in [-0.05, 0) is 38.1 Å². The van der Waals surface area contributed by atoms with Crippen molar-refractivity contribution in [2.24, 2.45) is 0 Å². The van der Waals surface area contributed by atoms with Gasteiger partial charge in [0.2, 0.25) is 0 Å². The first kappa shape index (κ1) is 18.3. The molecule has 0 saturated heterocycles. The molecule has 0 spiro atoms. The van der Waals surface area contributed by atoms with E-state index in [0.717, 1.165) is 0 Å². The molecule has 2 amide bonds. The van der Waals surface area contributed by atoms with E-state index in [1.165, 1.54) is 14.2 Å². The molecule has 0 aromatic heterocycles. The summed E-state index contributed by atoms with van der Waals surface area (Å²) < 4.78 is 10.4. The van der Waals surface area contributed by atoms with Crippen LogP contribution in [0.2, 0.25) is 0 Å². The van der Waals surface area contributed by atoms with Gasteiger partial charge < -0.3 is 20.1 Å². The summed E-state index contributed by atoms with van der Waals surface area (Å²) in [5, 5.41) is 5.59. The molecule has 2 aromatic rings. The Morgan fingerprint density at radius 3 is 2.08 bits per heavy atom. The van der Waals surface area contributed by atoms with Crippen LogP contribution < -0.4 is 20.1 Å². The van der Waals surface area contributed by atoms with Crippen molar-refractivity contribution in [2.75, 3.05) is 19.5 Å². The van der Waals surface area contributed by atoms with Crippen LogP contribution in [-0.2, 0) is 0 Å². The first-order valence-corrected chi connectivity index (χ1v) is 7.89. The maximum Gasteiger partial charge on any atom is 0.255 e. The lowest BCUT2D eigenvalue weighted by Gasteiger charge is -2.14. The zero-order valence-corrected chi connectivity index (χ0v) is 14.8. The molecule has 132 valence electrons. The van der Waals surface area contributed by atoms with Crippen LogP contribution >= 0.6 is 0 Å². The van der Waals surface area contributed by atoms with Gasteiger partial charge in [-0.15, -0.1) is 0 Å². The van der Waals surface area contributed by atoms with E-state index >= 15 is 0 Å². The van der Waals surface area contributed by atoms with Gasteiger partial charge in [0.25, 0.3) is 11.8 Å². The summed E-state index contributed by atoms with van der Waals surface area (Å²) in [7, 11) is 3.03. The summed E-state index contributed by atoms with van der Waals surface area (Å²) in [6.45, 7) is 3.75. The molecule has 6 heteroatoms. The van der Waals surface area contributed by atoms with E-state index in [2.05, 4.69) is 10.6 Å². The van der Waals surface area contributed by atoms with Gasteiger partial charge in [-0.25, -0.2) is 0 Å². The van der Waals surface area contributed by atoms with Gasteiger partial charge in [0.05, 0.1) is 25.5 Å². The quantitative estimate of drug-likeness (QED) is 0.846. The van der Waals surface area contributed by atoms with Gasteiger partial charge in [0, 0.05) is 17.7 Å². The molecule has 0 unspecified atom stereocenters. The van der Waals surface area contributed by atoms with E-state index in [0.29, 0.717) is 28.3 Å². The standard InChI is InChI=1S/C19H22N2O4/c1-12(2)20-19(23)16-7-5-6-8-17(16)21-18(22)13-9-14(24-3)11-15(10-13)25-4/h5-12H,1-4H3,(H,20,23)(H,21,22). The molecular weight excluding hydrogens is 320 g/mol. The average molecular weight is 342 g/mol. The van der Waals surface area contributed by atoms with Gasteiger partial charge in [-0.1, -0.05) is 12.1 Å². The van der Waals surface area contributed by atoms with Gasteiger partial charge in [-0.3, -0.25) is 9.59 Å². The normalized spacial score (nSPS) is 10.3. The maximum absolute atomic E-state index is 12.6. The lowest BCUT2D eigenvalue weighted by atomic mass is 10.1. The number of ether oxygens (including phenoxy) is 2. The first-order valence-electron chi connectivity index (χ1n) is 7.89. The summed E-state index contributed by atoms with van der Waals surface area (Å²) in [6, 6.07) is 11.8. The highest BCUT2D eigenvalue weighted by molar-refractivity contribution is 6.09. The van der Waals surface area contributed by atoms with E-state index in [4.69, 9.17) is 9.47 Å². The Kier molecular flexibility index (Phi) is 6.00. The predicted molar refractivity (Wildman–Crippen MR) is 96.5 cm³/mol. The molecule has 0 heterocycles. The molecule has 0 radical (unpaired) electrons. The van der Waals surface area contributed by atoms with E-state index in [-0.39, 0.29) is 17.9 Å². The second-order valence-electron chi connectivity index (χ2n) is 5.73. The van der Waals surface area contributed by atoms with Crippen LogP contribution in [0.25, 0.3) is 0 Å². The molecule has 0 fully saturated rings. The van der Waals surface area contributed by atoms with Crippen LogP contribution in [0.1, 0.15) is 34.6 Å². The maximum atomic E-state index is 12.6. The number of carbonyl (C=O) groups excluding carboxylic acids is 2. The number of methoxy groups -OCH3 is 2. The number of nitrogens with one attached hydrogen (secondary N) is 2. The van der Waals surface area contributed by atoms with Crippen LogP contribution in [0.5, 0.6) is 11.5 Å². The van der Waals surface area contributed by atoms with Gasteiger partial charge >= 0.3 is 0 Å². The van der Waals surface area contributed by atoms with Crippen molar-refractivity contribution in [1.29, 1.82) is 0 Å². The van der Waals surface area contributed by atoms with Crippen molar-refractivity contribution in [3.63, 3.8) is 0 Å². The molecule has 0 aliphatic heterocycles. The molecular formula is C19H22N2O4. The van der Waals surface area contributed by atoms with Crippen molar-refractivity contribution < 1.29 is 19.1 Å². The Labute approximate surface area is 147 Å². The topological polar surface area (TPSA) is 76.7 Å². The zero-order valence-electron chi connectivity index (χ0n) is 14.8. The number of benzene rings is 2. The van der Waals surface area contributed by atoms with Gasteiger partial charge in [-0.2, -0.15) is 0 Å². The van der Waals surface area contributed by atoms with Crippen molar-refractivity contribution in [3.05, 3.63) is 53.6 Å². The first-order chi connectivity index (χ1) is 11.9. The lowest BCUT2D eigenvalue weighted by Crippen LogP contribution is -2.31. The Hall–Kier alpha value is -3.02. The summed E-state index contributed by atoms with van der Waals surface area (Å²) in [5.41, 5.74) is 1.21. The van der Waals surface area contributed by atoms with Crippen LogP contribution in [-0.4, -0.2) is 32.1 Å². The summed E-state index contributed by atoms with van der Waals surface area (Å²) in [5.74, 6) is 0.418. The molecule has 0 bridgehead atoms. The SMILES string of the molecule is COc1cc(OC)cc(C(=O)Nc2ccccc2C(=O)NC(C)C)c1. The van der Waals surface area contributed by atoms with Crippen molar-refractivity contribution >= 4 is 17.5 Å². The number of hydrogen-bond acceptors (Lipinski definition) is 4. The minimum absolute atomic E-state index is 0.00102. The molecule has 2 aromatic carbocycles. The third-order valence-electron chi connectivity index (χ3n) is 3.45. The summed E-state index contributed by atoms with van der Waals surface area (Å²) in [6.07, 6.45) is 0. The lowest BCUT2D eigenvalue weighted by molar-refractivity contribution is 0.0944. The zero-order chi connectivity index (χ0) is 18.4. The summed E-state index contributed by atoms with van der Waals surface area (Å²) in [4.78, 5) is 24.9. The summed E-state index contributed by atoms with van der Waals surface area (Å²) >= 11 is 0. The molecule has 2 rings (SSSR count). The second kappa shape index (κ2) is 8.19. The number of anilines is 1. The average Bonchev–Trinajstić information content (AvgIpc) is 2.60. The third kappa shape index (κ3) is 4.73. The van der Waals surface area contributed by atoms with Crippen LogP contribution in [0.15, 0.2) is 42.5 Å². The van der Waals surface area contributed by atoms with Crippen LogP contribution in [0, 0.1) is 0 Å². The highest BCUT2D eigenvalue weighted by atomic mass is 16.5. The molecule has 0 aliphatic carbocycles. The molecule has 0 atom stereocenters. The monoisotopic (exact) mass is 342 g/mol. The molecule has 0 saturated carbocycles. The van der Waals surface area contributed by atoms with Gasteiger partial charge in [0.1, 0.15) is 11.5 Å². The second-order valence-corrected chi connectivity index (χ2v) is 5.73. The van der Waals surface area contributed by atoms with Crippen molar-refractivity contribution in [2.45, 2.75) is 19.9 Å². The van der Waals surface area contributed by atoms with Gasteiger partial charge in [0.15, 0.2) is 0 Å².